The first-order valence-electron chi connectivity index (χ1n) is 5.76. The van der Waals surface area contributed by atoms with Gasteiger partial charge in [-0.2, -0.15) is 0 Å². The summed E-state index contributed by atoms with van der Waals surface area (Å²) in [6, 6.07) is 0. The van der Waals surface area contributed by atoms with Crippen LogP contribution in [0.15, 0.2) is 5.38 Å². The van der Waals surface area contributed by atoms with Crippen LogP contribution >= 0.6 is 11.3 Å². The summed E-state index contributed by atoms with van der Waals surface area (Å²) >= 11 is 1.62. The molecule has 0 amide bonds. The van der Waals surface area contributed by atoms with Gasteiger partial charge in [0.15, 0.2) is 5.13 Å². The van der Waals surface area contributed by atoms with Gasteiger partial charge >= 0.3 is 0 Å². The molecule has 3 unspecified atom stereocenters. The maximum absolute atomic E-state index is 9.45. The number of morpholine rings is 1. The SMILES string of the molecule is CC(O)c1csc(N2CC3CCC(C2)O3)n1. The van der Waals surface area contributed by atoms with Crippen molar-refractivity contribution < 1.29 is 9.84 Å². The van der Waals surface area contributed by atoms with E-state index < -0.39 is 6.10 Å². The number of fused-ring (bicyclic) bond motifs is 2. The largest absolute Gasteiger partial charge is 0.387 e. The molecule has 1 aromatic heterocycles. The molecule has 2 aliphatic heterocycles. The third kappa shape index (κ3) is 1.83. The van der Waals surface area contributed by atoms with Crippen LogP contribution in [0.3, 0.4) is 0 Å². The molecule has 2 aliphatic rings. The van der Waals surface area contributed by atoms with Crippen molar-refractivity contribution in [3.63, 3.8) is 0 Å². The fraction of sp³-hybridized carbons (Fsp3) is 0.727. The second-order valence-corrected chi connectivity index (χ2v) is 5.43. The first-order chi connectivity index (χ1) is 7.72. The van der Waals surface area contributed by atoms with Gasteiger partial charge < -0.3 is 14.7 Å². The van der Waals surface area contributed by atoms with E-state index in [-0.39, 0.29) is 0 Å². The Balaban J connectivity index is 1.76. The maximum atomic E-state index is 9.45. The summed E-state index contributed by atoms with van der Waals surface area (Å²) in [5.74, 6) is 0. The molecule has 2 saturated heterocycles. The molecule has 1 N–H and O–H groups in total. The summed E-state index contributed by atoms with van der Waals surface area (Å²) < 4.78 is 5.79. The van der Waals surface area contributed by atoms with Gasteiger partial charge in [-0.3, -0.25) is 0 Å². The number of ether oxygens (including phenoxy) is 1. The van der Waals surface area contributed by atoms with Crippen molar-refractivity contribution in [3.8, 4) is 0 Å². The number of hydrogen-bond acceptors (Lipinski definition) is 5. The van der Waals surface area contributed by atoms with Crippen LogP contribution in [0, 0.1) is 0 Å². The molecule has 0 saturated carbocycles. The van der Waals surface area contributed by atoms with Crippen molar-refractivity contribution in [2.45, 2.75) is 38.1 Å². The van der Waals surface area contributed by atoms with Gasteiger partial charge in [0.05, 0.1) is 24.0 Å². The smallest absolute Gasteiger partial charge is 0.185 e. The zero-order chi connectivity index (χ0) is 11.1. The van der Waals surface area contributed by atoms with Crippen LogP contribution in [0.25, 0.3) is 0 Å². The molecule has 0 radical (unpaired) electrons. The summed E-state index contributed by atoms with van der Waals surface area (Å²) in [5.41, 5.74) is 0.777. The van der Waals surface area contributed by atoms with Crippen LogP contribution in [0.4, 0.5) is 5.13 Å². The van der Waals surface area contributed by atoms with Crippen molar-refractivity contribution in [2.75, 3.05) is 18.0 Å². The van der Waals surface area contributed by atoms with E-state index in [2.05, 4.69) is 9.88 Å². The number of nitrogens with zero attached hydrogens (tertiary/aromatic N) is 2. The molecule has 0 aliphatic carbocycles. The summed E-state index contributed by atoms with van der Waals surface area (Å²) in [5, 5.41) is 12.4. The summed E-state index contributed by atoms with van der Waals surface area (Å²) in [4.78, 5) is 6.76. The minimum atomic E-state index is -0.470. The number of aliphatic hydroxyl groups is 1. The Morgan fingerprint density at radius 1 is 1.50 bits per heavy atom. The van der Waals surface area contributed by atoms with Gasteiger partial charge in [0.1, 0.15) is 0 Å². The molecule has 3 heterocycles. The third-order valence-corrected chi connectivity index (χ3v) is 4.17. The van der Waals surface area contributed by atoms with Gasteiger partial charge in [-0.05, 0) is 19.8 Å². The molecule has 2 bridgehead atoms. The molecule has 2 fully saturated rings. The average molecular weight is 240 g/mol. The number of thiazole rings is 1. The van der Waals surface area contributed by atoms with Gasteiger partial charge in [0.25, 0.3) is 0 Å². The standard InChI is InChI=1S/C11H16N2O2S/c1-7(14)10-6-16-11(12-10)13-4-8-2-3-9(5-13)15-8/h6-9,14H,2-5H2,1H3. The molecule has 0 aromatic carbocycles. The molecular weight excluding hydrogens is 224 g/mol. The molecule has 5 heteroatoms. The molecule has 3 rings (SSSR count). The Morgan fingerprint density at radius 2 is 2.19 bits per heavy atom. The van der Waals surface area contributed by atoms with Crippen LogP contribution in [0.1, 0.15) is 31.6 Å². The van der Waals surface area contributed by atoms with E-state index in [1.165, 1.54) is 12.8 Å². The van der Waals surface area contributed by atoms with Gasteiger partial charge in [0, 0.05) is 18.5 Å². The van der Waals surface area contributed by atoms with Crippen molar-refractivity contribution in [1.29, 1.82) is 0 Å². The topological polar surface area (TPSA) is 45.6 Å². The van der Waals surface area contributed by atoms with Crippen molar-refractivity contribution in [1.82, 2.24) is 4.98 Å². The predicted octanol–water partition coefficient (Wildman–Crippen LogP) is 1.56. The van der Waals surface area contributed by atoms with E-state index in [0.717, 1.165) is 23.9 Å². The zero-order valence-corrected chi connectivity index (χ0v) is 10.1. The lowest BCUT2D eigenvalue weighted by Gasteiger charge is -2.31. The molecular formula is C11H16N2O2S. The van der Waals surface area contributed by atoms with Gasteiger partial charge in [-0.25, -0.2) is 4.98 Å². The maximum Gasteiger partial charge on any atom is 0.185 e. The minimum Gasteiger partial charge on any atom is -0.387 e. The molecule has 88 valence electrons. The Bertz CT molecular complexity index is 368. The lowest BCUT2D eigenvalue weighted by atomic mass is 10.2. The fourth-order valence-corrected chi connectivity index (χ4v) is 3.32. The fourth-order valence-electron chi connectivity index (χ4n) is 2.38. The predicted molar refractivity (Wildman–Crippen MR) is 62.9 cm³/mol. The van der Waals surface area contributed by atoms with E-state index in [4.69, 9.17) is 4.74 Å². The second-order valence-electron chi connectivity index (χ2n) is 4.59. The number of aromatic nitrogens is 1. The summed E-state index contributed by atoms with van der Waals surface area (Å²) in [6.07, 6.45) is 2.66. The molecule has 4 nitrogen and oxygen atoms in total. The molecule has 0 spiro atoms. The normalized spacial score (nSPS) is 30.8. The summed E-state index contributed by atoms with van der Waals surface area (Å²) in [7, 11) is 0. The van der Waals surface area contributed by atoms with Crippen LogP contribution < -0.4 is 4.90 Å². The van der Waals surface area contributed by atoms with E-state index >= 15 is 0 Å². The highest BCUT2D eigenvalue weighted by Gasteiger charge is 2.34. The first-order valence-corrected chi connectivity index (χ1v) is 6.64. The van der Waals surface area contributed by atoms with E-state index in [1.807, 2.05) is 5.38 Å². The zero-order valence-electron chi connectivity index (χ0n) is 9.30. The van der Waals surface area contributed by atoms with Crippen LogP contribution in [0.5, 0.6) is 0 Å². The number of aliphatic hydroxyl groups excluding tert-OH is 1. The molecule has 1 aromatic rings. The van der Waals surface area contributed by atoms with E-state index in [0.29, 0.717) is 12.2 Å². The monoisotopic (exact) mass is 240 g/mol. The van der Waals surface area contributed by atoms with Crippen LogP contribution in [-0.2, 0) is 4.74 Å². The second kappa shape index (κ2) is 3.98. The number of hydrogen-bond donors (Lipinski definition) is 1. The quantitative estimate of drug-likeness (QED) is 0.852. The van der Waals surface area contributed by atoms with Crippen LogP contribution in [0.2, 0.25) is 0 Å². The number of rotatable bonds is 2. The van der Waals surface area contributed by atoms with Crippen molar-refractivity contribution in [2.24, 2.45) is 0 Å². The third-order valence-electron chi connectivity index (χ3n) is 3.25. The van der Waals surface area contributed by atoms with Gasteiger partial charge in [-0.15, -0.1) is 11.3 Å². The van der Waals surface area contributed by atoms with E-state index in [1.54, 1.807) is 18.3 Å². The molecule has 3 atom stereocenters. The lowest BCUT2D eigenvalue weighted by molar-refractivity contribution is 0.0304. The number of anilines is 1. The van der Waals surface area contributed by atoms with E-state index in [9.17, 15) is 5.11 Å². The minimum absolute atomic E-state index is 0.387. The Kier molecular flexibility index (Phi) is 2.61. The van der Waals surface area contributed by atoms with Crippen LogP contribution in [-0.4, -0.2) is 35.4 Å². The molecule has 16 heavy (non-hydrogen) atoms. The highest BCUT2D eigenvalue weighted by Crippen LogP contribution is 2.31. The van der Waals surface area contributed by atoms with Gasteiger partial charge in [-0.1, -0.05) is 0 Å². The first kappa shape index (κ1) is 10.5. The average Bonchev–Trinajstić information content (AvgIpc) is 2.85. The Morgan fingerprint density at radius 3 is 2.75 bits per heavy atom. The van der Waals surface area contributed by atoms with Crippen molar-refractivity contribution in [3.05, 3.63) is 11.1 Å². The summed E-state index contributed by atoms with van der Waals surface area (Å²) in [6.45, 7) is 3.65. The van der Waals surface area contributed by atoms with Gasteiger partial charge in [0.2, 0.25) is 0 Å². The Hall–Kier alpha value is -0.650. The Labute approximate surface area is 98.9 Å². The van der Waals surface area contributed by atoms with Crippen molar-refractivity contribution >= 4 is 16.5 Å². The highest BCUT2D eigenvalue weighted by molar-refractivity contribution is 7.13. The highest BCUT2D eigenvalue weighted by atomic mass is 32.1. The lowest BCUT2D eigenvalue weighted by Crippen LogP contribution is -2.42.